The highest BCUT2D eigenvalue weighted by Gasteiger charge is 2.28. The second-order valence-corrected chi connectivity index (χ2v) is 6.86. The average Bonchev–Trinajstić information content (AvgIpc) is 3.17. The summed E-state index contributed by atoms with van der Waals surface area (Å²) in [4.78, 5) is 27.3. The van der Waals surface area contributed by atoms with Crippen molar-refractivity contribution < 1.29 is 14.3 Å². The second-order valence-electron chi connectivity index (χ2n) is 5.91. The van der Waals surface area contributed by atoms with E-state index < -0.39 is 0 Å². The van der Waals surface area contributed by atoms with E-state index in [0.29, 0.717) is 26.1 Å². The maximum Gasteiger partial charge on any atom is 0.225 e. The molecule has 1 saturated heterocycles. The van der Waals surface area contributed by atoms with Crippen LogP contribution >= 0.6 is 11.3 Å². The van der Waals surface area contributed by atoms with Crippen molar-refractivity contribution in [2.24, 2.45) is 5.92 Å². The molecule has 0 N–H and O–H groups in total. The molecule has 2 heterocycles. The first kappa shape index (κ1) is 16.7. The number of thiophene rings is 1. The zero-order chi connectivity index (χ0) is 16.8. The molecule has 1 aliphatic heterocycles. The summed E-state index contributed by atoms with van der Waals surface area (Å²) in [7, 11) is 0. The van der Waals surface area contributed by atoms with Crippen LogP contribution in [0.1, 0.15) is 28.9 Å². The first-order valence-electron chi connectivity index (χ1n) is 8.27. The van der Waals surface area contributed by atoms with Crippen molar-refractivity contribution in [3.8, 4) is 5.75 Å². The molecule has 3 rings (SSSR count). The van der Waals surface area contributed by atoms with E-state index in [4.69, 9.17) is 4.74 Å². The number of nitrogens with zero attached hydrogens (tertiary/aromatic N) is 1. The van der Waals surface area contributed by atoms with E-state index in [1.165, 1.54) is 11.3 Å². The largest absolute Gasteiger partial charge is 0.493 e. The third-order valence-corrected chi connectivity index (χ3v) is 5.19. The fourth-order valence-corrected chi connectivity index (χ4v) is 3.69. The molecule has 4 nitrogen and oxygen atoms in total. The first-order chi connectivity index (χ1) is 11.7. The molecule has 0 spiro atoms. The minimum absolute atomic E-state index is 0.0493. The lowest BCUT2D eigenvalue weighted by atomic mass is 9.91. The number of benzene rings is 1. The maximum atomic E-state index is 12.4. The Morgan fingerprint density at radius 1 is 1.08 bits per heavy atom. The molecule has 1 fully saturated rings. The van der Waals surface area contributed by atoms with Crippen molar-refractivity contribution in [3.63, 3.8) is 0 Å². The summed E-state index contributed by atoms with van der Waals surface area (Å²) in [5.41, 5.74) is 0. The predicted molar refractivity (Wildman–Crippen MR) is 94.5 cm³/mol. The van der Waals surface area contributed by atoms with Crippen LogP contribution in [-0.2, 0) is 4.79 Å². The van der Waals surface area contributed by atoms with Crippen LogP contribution in [0.2, 0.25) is 0 Å². The van der Waals surface area contributed by atoms with Gasteiger partial charge in [-0.15, -0.1) is 11.3 Å². The lowest BCUT2D eigenvalue weighted by Crippen LogP contribution is -2.40. The molecule has 1 aliphatic rings. The third kappa shape index (κ3) is 4.23. The fourth-order valence-electron chi connectivity index (χ4n) is 2.94. The Labute approximate surface area is 146 Å². The molecule has 0 saturated carbocycles. The maximum absolute atomic E-state index is 12.4. The first-order valence-corrected chi connectivity index (χ1v) is 9.15. The molecule has 24 heavy (non-hydrogen) atoms. The standard InChI is InChI=1S/C19H21NO3S/c21-18(10-13-23-16-5-2-1-3-6-16)20-11-8-15(9-12-20)19(22)17-7-4-14-24-17/h1-7,14-15H,8-13H2. The molecule has 1 amide bonds. The molecular weight excluding hydrogens is 322 g/mol. The molecule has 0 radical (unpaired) electrons. The highest BCUT2D eigenvalue weighted by atomic mass is 32.1. The van der Waals surface area contributed by atoms with Gasteiger partial charge < -0.3 is 9.64 Å². The highest BCUT2D eigenvalue weighted by Crippen LogP contribution is 2.24. The number of Topliss-reactive ketones (excluding diaryl/α,β-unsaturated/α-hetero) is 1. The van der Waals surface area contributed by atoms with Crippen LogP contribution in [0.4, 0.5) is 0 Å². The summed E-state index contributed by atoms with van der Waals surface area (Å²) < 4.78 is 5.58. The summed E-state index contributed by atoms with van der Waals surface area (Å²) in [6, 6.07) is 13.3. The molecule has 126 valence electrons. The number of piperidine rings is 1. The van der Waals surface area contributed by atoms with Gasteiger partial charge in [0.25, 0.3) is 0 Å². The lowest BCUT2D eigenvalue weighted by Gasteiger charge is -2.31. The summed E-state index contributed by atoms with van der Waals surface area (Å²) in [6.07, 6.45) is 1.88. The number of hydrogen-bond donors (Lipinski definition) is 0. The Morgan fingerprint density at radius 2 is 1.83 bits per heavy atom. The van der Waals surface area contributed by atoms with Gasteiger partial charge in [0.15, 0.2) is 5.78 Å². The van der Waals surface area contributed by atoms with Gasteiger partial charge in [-0.1, -0.05) is 24.3 Å². The number of amides is 1. The summed E-state index contributed by atoms with van der Waals surface area (Å²) in [6.45, 7) is 1.70. The van der Waals surface area contributed by atoms with Gasteiger partial charge in [-0.05, 0) is 36.4 Å². The van der Waals surface area contributed by atoms with E-state index in [1.807, 2.05) is 52.7 Å². The quantitative estimate of drug-likeness (QED) is 0.752. The van der Waals surface area contributed by atoms with Crippen LogP contribution in [0.25, 0.3) is 0 Å². The van der Waals surface area contributed by atoms with Crippen molar-refractivity contribution in [3.05, 3.63) is 52.7 Å². The number of para-hydroxylation sites is 1. The van der Waals surface area contributed by atoms with Crippen molar-refractivity contribution in [1.29, 1.82) is 0 Å². The molecule has 1 aromatic heterocycles. The van der Waals surface area contributed by atoms with Gasteiger partial charge in [-0.2, -0.15) is 0 Å². The van der Waals surface area contributed by atoms with Crippen molar-refractivity contribution in [1.82, 2.24) is 4.90 Å². The molecule has 1 aromatic carbocycles. The van der Waals surface area contributed by atoms with E-state index in [0.717, 1.165) is 23.5 Å². The number of carbonyl (C=O) groups is 2. The van der Waals surface area contributed by atoms with Crippen molar-refractivity contribution in [2.75, 3.05) is 19.7 Å². The van der Waals surface area contributed by atoms with E-state index in [-0.39, 0.29) is 17.6 Å². The van der Waals surface area contributed by atoms with E-state index in [2.05, 4.69) is 0 Å². The van der Waals surface area contributed by atoms with Crippen LogP contribution in [0.15, 0.2) is 47.8 Å². The Hall–Kier alpha value is -2.14. The summed E-state index contributed by atoms with van der Waals surface area (Å²) in [5, 5.41) is 1.93. The third-order valence-electron chi connectivity index (χ3n) is 4.31. The molecule has 2 aromatic rings. The van der Waals surface area contributed by atoms with Crippen LogP contribution in [0, 0.1) is 5.92 Å². The van der Waals surface area contributed by atoms with Crippen LogP contribution in [0.5, 0.6) is 5.75 Å². The topological polar surface area (TPSA) is 46.6 Å². The van der Waals surface area contributed by atoms with Crippen molar-refractivity contribution >= 4 is 23.0 Å². The Morgan fingerprint density at radius 3 is 2.50 bits per heavy atom. The molecule has 0 bridgehead atoms. The van der Waals surface area contributed by atoms with E-state index >= 15 is 0 Å². The minimum atomic E-state index is 0.0493. The van der Waals surface area contributed by atoms with Gasteiger partial charge in [0.2, 0.25) is 5.91 Å². The predicted octanol–water partition coefficient (Wildman–Crippen LogP) is 3.64. The van der Waals surface area contributed by atoms with Crippen LogP contribution < -0.4 is 4.74 Å². The number of likely N-dealkylation sites (tertiary alicyclic amines) is 1. The number of ketones is 1. The van der Waals surface area contributed by atoms with Gasteiger partial charge in [-0.25, -0.2) is 0 Å². The van der Waals surface area contributed by atoms with Gasteiger partial charge in [-0.3, -0.25) is 9.59 Å². The van der Waals surface area contributed by atoms with E-state index in [1.54, 1.807) is 0 Å². The lowest BCUT2D eigenvalue weighted by molar-refractivity contribution is -0.132. The van der Waals surface area contributed by atoms with Gasteiger partial charge in [0, 0.05) is 19.0 Å². The molecule has 0 unspecified atom stereocenters. The minimum Gasteiger partial charge on any atom is -0.493 e. The average molecular weight is 343 g/mol. The number of hydrogen-bond acceptors (Lipinski definition) is 4. The van der Waals surface area contributed by atoms with Crippen molar-refractivity contribution in [2.45, 2.75) is 19.3 Å². The van der Waals surface area contributed by atoms with Crippen LogP contribution in [0.3, 0.4) is 0 Å². The smallest absolute Gasteiger partial charge is 0.225 e. The van der Waals surface area contributed by atoms with Crippen LogP contribution in [-0.4, -0.2) is 36.3 Å². The Balaban J connectivity index is 1.41. The Kier molecular flexibility index (Phi) is 5.64. The normalized spacial score (nSPS) is 15.2. The number of carbonyl (C=O) groups excluding carboxylic acids is 2. The zero-order valence-electron chi connectivity index (χ0n) is 13.5. The number of rotatable bonds is 6. The summed E-state index contributed by atoms with van der Waals surface area (Å²) in [5.74, 6) is 1.16. The summed E-state index contributed by atoms with van der Waals surface area (Å²) >= 11 is 1.49. The van der Waals surface area contributed by atoms with E-state index in [9.17, 15) is 9.59 Å². The molecular formula is C19H21NO3S. The van der Waals surface area contributed by atoms with Gasteiger partial charge >= 0.3 is 0 Å². The molecule has 0 atom stereocenters. The molecule has 0 aliphatic carbocycles. The molecule has 5 heteroatoms. The highest BCUT2D eigenvalue weighted by molar-refractivity contribution is 7.12. The zero-order valence-corrected chi connectivity index (χ0v) is 14.3. The Bertz CT molecular complexity index is 661. The van der Waals surface area contributed by atoms with Gasteiger partial charge in [0.05, 0.1) is 17.9 Å². The second kappa shape index (κ2) is 8.11. The number of ether oxygens (including phenoxy) is 1. The fraction of sp³-hybridized carbons (Fsp3) is 0.368. The van der Waals surface area contributed by atoms with Gasteiger partial charge in [0.1, 0.15) is 5.75 Å². The SMILES string of the molecule is O=C(c1cccs1)C1CCN(C(=O)CCOc2ccccc2)CC1. The monoisotopic (exact) mass is 343 g/mol.